The summed E-state index contributed by atoms with van der Waals surface area (Å²) in [6.45, 7) is 3.32. The zero-order valence-corrected chi connectivity index (χ0v) is 18.5. The average molecular weight is 482 g/mol. The zero-order valence-electron chi connectivity index (χ0n) is 18.5. The average Bonchev–Trinajstić information content (AvgIpc) is 2.74. The molecule has 0 fully saturated rings. The number of halogens is 8. The van der Waals surface area contributed by atoms with Crippen LogP contribution >= 0.6 is 0 Å². The number of hydrogen-bond donors (Lipinski definition) is 0. The van der Waals surface area contributed by atoms with Crippen LogP contribution < -0.4 is 0 Å². The SMILES string of the molecule is CC(C)(C(OC(c1ccccc1)C(C)(C)C(F)(F)C(F)F)c1ccccc1)C(F)(F)C(F)F. The molecule has 9 heteroatoms. The van der Waals surface area contributed by atoms with Crippen molar-refractivity contribution in [3.63, 3.8) is 0 Å². The van der Waals surface area contributed by atoms with Crippen LogP contribution in [0.3, 0.4) is 0 Å². The molecule has 2 rings (SSSR count). The van der Waals surface area contributed by atoms with Gasteiger partial charge < -0.3 is 4.74 Å². The Labute approximate surface area is 187 Å². The van der Waals surface area contributed by atoms with Crippen LogP contribution in [0.25, 0.3) is 0 Å². The maximum absolute atomic E-state index is 14.7. The summed E-state index contributed by atoms with van der Waals surface area (Å²) in [6.07, 6.45) is -11.8. The summed E-state index contributed by atoms with van der Waals surface area (Å²) in [6, 6.07) is 14.2. The van der Waals surface area contributed by atoms with Gasteiger partial charge in [-0.25, -0.2) is 17.6 Å². The van der Waals surface area contributed by atoms with Crippen LogP contribution in [-0.2, 0) is 4.74 Å². The predicted molar refractivity (Wildman–Crippen MR) is 109 cm³/mol. The summed E-state index contributed by atoms with van der Waals surface area (Å²) >= 11 is 0. The zero-order chi connectivity index (χ0) is 25.2. The third-order valence-electron chi connectivity index (χ3n) is 6.05. The minimum atomic E-state index is -4.59. The molecule has 0 radical (unpaired) electrons. The van der Waals surface area contributed by atoms with Gasteiger partial charge in [0, 0.05) is 0 Å². The van der Waals surface area contributed by atoms with Gasteiger partial charge in [-0.1, -0.05) is 88.4 Å². The molecule has 0 aliphatic heterocycles. The molecular formula is C24H26F8O. The maximum Gasteiger partial charge on any atom is 0.315 e. The molecular weight excluding hydrogens is 456 g/mol. The first-order valence-corrected chi connectivity index (χ1v) is 10.2. The standard InChI is InChI=1S/C24H26F8O/c1-21(2,23(29,30)19(25)26)17(15-11-7-5-8-12-15)33-18(16-13-9-6-10-14-16)22(3,4)24(31,32)20(27)28/h5-14,17-20H,1-4H3. The lowest BCUT2D eigenvalue weighted by Crippen LogP contribution is -2.51. The third kappa shape index (κ3) is 5.03. The molecule has 2 unspecified atom stereocenters. The van der Waals surface area contributed by atoms with Gasteiger partial charge in [0.2, 0.25) is 0 Å². The van der Waals surface area contributed by atoms with E-state index in [9.17, 15) is 35.1 Å². The third-order valence-corrected chi connectivity index (χ3v) is 6.05. The molecule has 0 heterocycles. The van der Waals surface area contributed by atoms with Crippen molar-refractivity contribution in [2.45, 2.75) is 64.6 Å². The fraction of sp³-hybridized carbons (Fsp3) is 0.500. The van der Waals surface area contributed by atoms with E-state index in [0.29, 0.717) is 0 Å². The van der Waals surface area contributed by atoms with Gasteiger partial charge in [0.1, 0.15) is 0 Å². The molecule has 2 aromatic carbocycles. The molecule has 0 aromatic heterocycles. The number of benzene rings is 2. The molecule has 0 bridgehead atoms. The van der Waals surface area contributed by atoms with E-state index in [2.05, 4.69) is 0 Å². The molecule has 0 N–H and O–H groups in total. The van der Waals surface area contributed by atoms with Crippen molar-refractivity contribution in [2.75, 3.05) is 0 Å². The molecule has 0 saturated carbocycles. The van der Waals surface area contributed by atoms with Crippen molar-refractivity contribution in [1.29, 1.82) is 0 Å². The monoisotopic (exact) mass is 482 g/mol. The minimum absolute atomic E-state index is 0.0138. The van der Waals surface area contributed by atoms with Gasteiger partial charge in [0.05, 0.1) is 23.0 Å². The summed E-state index contributed by atoms with van der Waals surface area (Å²) in [5.41, 5.74) is -5.18. The lowest BCUT2D eigenvalue weighted by atomic mass is 9.74. The Balaban J connectivity index is 2.71. The van der Waals surface area contributed by atoms with Crippen LogP contribution in [0, 0.1) is 10.8 Å². The number of hydrogen-bond acceptors (Lipinski definition) is 1. The van der Waals surface area contributed by atoms with Crippen LogP contribution in [0.4, 0.5) is 35.1 Å². The highest BCUT2D eigenvalue weighted by molar-refractivity contribution is 5.24. The largest absolute Gasteiger partial charge is 0.364 e. The molecule has 2 aromatic rings. The summed E-state index contributed by atoms with van der Waals surface area (Å²) < 4.78 is 118. The van der Waals surface area contributed by atoms with E-state index in [-0.39, 0.29) is 11.1 Å². The normalized spacial score (nSPS) is 15.7. The molecule has 0 aliphatic carbocycles. The van der Waals surface area contributed by atoms with Crippen molar-refractivity contribution in [3.8, 4) is 0 Å². The first kappa shape index (κ1) is 27.1. The van der Waals surface area contributed by atoms with Crippen molar-refractivity contribution in [3.05, 3.63) is 71.8 Å². The maximum atomic E-state index is 14.7. The Hall–Kier alpha value is -2.16. The molecule has 0 spiro atoms. The van der Waals surface area contributed by atoms with Crippen LogP contribution in [0.1, 0.15) is 51.0 Å². The summed E-state index contributed by atoms with van der Waals surface area (Å²) in [7, 11) is 0. The Kier molecular flexibility index (Phi) is 7.88. The Morgan fingerprint density at radius 3 is 1.06 bits per heavy atom. The van der Waals surface area contributed by atoms with Crippen LogP contribution in [-0.4, -0.2) is 24.7 Å². The number of alkyl halides is 8. The first-order chi connectivity index (χ1) is 15.1. The topological polar surface area (TPSA) is 9.23 Å². The van der Waals surface area contributed by atoms with Gasteiger partial charge in [0.25, 0.3) is 0 Å². The van der Waals surface area contributed by atoms with Gasteiger partial charge in [-0.2, -0.15) is 17.6 Å². The summed E-state index contributed by atoms with van der Waals surface area (Å²) in [4.78, 5) is 0. The van der Waals surface area contributed by atoms with Gasteiger partial charge in [-0.05, 0) is 11.1 Å². The van der Waals surface area contributed by atoms with Crippen molar-refractivity contribution >= 4 is 0 Å². The molecule has 184 valence electrons. The highest BCUT2D eigenvalue weighted by atomic mass is 19.3. The molecule has 0 saturated heterocycles. The van der Waals surface area contributed by atoms with E-state index in [1.165, 1.54) is 48.5 Å². The quantitative estimate of drug-likeness (QED) is 0.309. The molecule has 33 heavy (non-hydrogen) atoms. The van der Waals surface area contributed by atoms with Crippen LogP contribution in [0.2, 0.25) is 0 Å². The van der Waals surface area contributed by atoms with Gasteiger partial charge in [-0.3, -0.25) is 0 Å². The lowest BCUT2D eigenvalue weighted by molar-refractivity contribution is -0.276. The van der Waals surface area contributed by atoms with E-state index in [0.717, 1.165) is 27.7 Å². The van der Waals surface area contributed by atoms with Crippen molar-refractivity contribution in [1.82, 2.24) is 0 Å². The van der Waals surface area contributed by atoms with E-state index in [1.54, 1.807) is 12.1 Å². The fourth-order valence-electron chi connectivity index (χ4n) is 3.63. The Morgan fingerprint density at radius 2 is 0.818 bits per heavy atom. The Morgan fingerprint density at radius 1 is 0.545 bits per heavy atom. The van der Waals surface area contributed by atoms with E-state index < -0.39 is 47.7 Å². The summed E-state index contributed by atoms with van der Waals surface area (Å²) in [5, 5.41) is 0. The second kappa shape index (κ2) is 9.60. The number of rotatable bonds is 10. The number of ether oxygens (including phenoxy) is 1. The van der Waals surface area contributed by atoms with E-state index in [4.69, 9.17) is 4.74 Å². The molecule has 0 aliphatic rings. The highest BCUT2D eigenvalue weighted by Crippen LogP contribution is 2.56. The van der Waals surface area contributed by atoms with Crippen molar-refractivity contribution in [2.24, 2.45) is 10.8 Å². The highest BCUT2D eigenvalue weighted by Gasteiger charge is 2.62. The van der Waals surface area contributed by atoms with Gasteiger partial charge >= 0.3 is 24.7 Å². The lowest BCUT2D eigenvalue weighted by Gasteiger charge is -2.46. The van der Waals surface area contributed by atoms with Gasteiger partial charge in [-0.15, -0.1) is 0 Å². The van der Waals surface area contributed by atoms with Gasteiger partial charge in [0.15, 0.2) is 0 Å². The minimum Gasteiger partial charge on any atom is -0.364 e. The predicted octanol–water partition coefficient (Wildman–Crippen LogP) is 8.34. The van der Waals surface area contributed by atoms with E-state index >= 15 is 0 Å². The van der Waals surface area contributed by atoms with Crippen LogP contribution in [0.5, 0.6) is 0 Å². The first-order valence-electron chi connectivity index (χ1n) is 10.2. The van der Waals surface area contributed by atoms with E-state index in [1.807, 2.05) is 0 Å². The summed E-state index contributed by atoms with van der Waals surface area (Å²) in [5.74, 6) is -9.19. The second-order valence-electron chi connectivity index (χ2n) is 9.01. The molecule has 2 atom stereocenters. The second-order valence-corrected chi connectivity index (χ2v) is 9.01. The molecule has 1 nitrogen and oxygen atoms in total. The fourth-order valence-corrected chi connectivity index (χ4v) is 3.63. The molecule has 0 amide bonds. The van der Waals surface area contributed by atoms with Crippen LogP contribution in [0.15, 0.2) is 60.7 Å². The van der Waals surface area contributed by atoms with Crippen molar-refractivity contribution < 1.29 is 39.9 Å². The Bertz CT molecular complexity index is 808. The smallest absolute Gasteiger partial charge is 0.315 e.